The van der Waals surface area contributed by atoms with E-state index in [9.17, 15) is 9.59 Å². The third-order valence-electron chi connectivity index (χ3n) is 5.44. The van der Waals surface area contributed by atoms with Gasteiger partial charge in [0, 0.05) is 29.2 Å². The van der Waals surface area contributed by atoms with Gasteiger partial charge in [0.15, 0.2) is 0 Å². The highest BCUT2D eigenvalue weighted by Crippen LogP contribution is 2.21. The number of methoxy groups -OCH3 is 2. The van der Waals surface area contributed by atoms with Crippen LogP contribution in [0.1, 0.15) is 27.0 Å². The van der Waals surface area contributed by atoms with Crippen LogP contribution in [0.3, 0.4) is 0 Å². The van der Waals surface area contributed by atoms with E-state index in [1.54, 1.807) is 19.4 Å². The van der Waals surface area contributed by atoms with Crippen LogP contribution in [0.15, 0.2) is 84.1 Å². The van der Waals surface area contributed by atoms with Gasteiger partial charge in [0.25, 0.3) is 0 Å². The lowest BCUT2D eigenvalue weighted by Crippen LogP contribution is -2.19. The Morgan fingerprint density at radius 2 is 1.76 bits per heavy atom. The number of nitrogens with one attached hydrogen (secondary N) is 1. The minimum atomic E-state index is -0.364. The number of aromatic nitrogens is 1. The number of ether oxygens (including phenoxy) is 2. The molecule has 7 nitrogen and oxygen atoms in total. The molecule has 34 heavy (non-hydrogen) atoms. The van der Waals surface area contributed by atoms with Crippen molar-refractivity contribution in [3.8, 4) is 5.75 Å². The lowest BCUT2D eigenvalue weighted by Gasteiger charge is -2.07. The maximum Gasteiger partial charge on any atom is 0.337 e. The first-order valence-electron chi connectivity index (χ1n) is 10.8. The van der Waals surface area contributed by atoms with Gasteiger partial charge in [-0.2, -0.15) is 5.10 Å². The van der Waals surface area contributed by atoms with Crippen LogP contribution >= 0.6 is 0 Å². The summed E-state index contributed by atoms with van der Waals surface area (Å²) < 4.78 is 12.1. The molecule has 7 heteroatoms. The second-order valence-corrected chi connectivity index (χ2v) is 7.74. The summed E-state index contributed by atoms with van der Waals surface area (Å²) in [4.78, 5) is 24.1. The summed E-state index contributed by atoms with van der Waals surface area (Å²) in [6, 6.07) is 22.7. The molecular weight excluding hydrogens is 430 g/mol. The summed E-state index contributed by atoms with van der Waals surface area (Å²) in [5, 5.41) is 5.18. The number of amides is 1. The zero-order valence-electron chi connectivity index (χ0n) is 19.0. The van der Waals surface area contributed by atoms with Gasteiger partial charge in [-0.1, -0.05) is 42.5 Å². The first kappa shape index (κ1) is 22.8. The molecule has 4 rings (SSSR count). The fourth-order valence-corrected chi connectivity index (χ4v) is 3.76. The molecule has 1 N–H and O–H groups in total. The van der Waals surface area contributed by atoms with Crippen LogP contribution in [-0.2, 0) is 22.5 Å². The molecule has 0 bridgehead atoms. The molecule has 3 aromatic carbocycles. The molecule has 1 amide bonds. The zero-order chi connectivity index (χ0) is 23.9. The molecule has 1 aromatic heterocycles. The van der Waals surface area contributed by atoms with Gasteiger partial charge in [0.2, 0.25) is 5.91 Å². The Bertz CT molecular complexity index is 1340. The van der Waals surface area contributed by atoms with Crippen LogP contribution < -0.4 is 10.2 Å². The van der Waals surface area contributed by atoms with Crippen molar-refractivity contribution in [2.24, 2.45) is 5.10 Å². The molecule has 0 aliphatic heterocycles. The Hall–Kier alpha value is -4.39. The molecule has 1 heterocycles. The average molecular weight is 456 g/mol. The average Bonchev–Trinajstić information content (AvgIpc) is 3.21. The van der Waals surface area contributed by atoms with E-state index in [1.807, 2.05) is 72.9 Å². The van der Waals surface area contributed by atoms with Gasteiger partial charge in [0.05, 0.1) is 32.4 Å². The predicted octanol–water partition coefficient (Wildman–Crippen LogP) is 4.18. The number of hydrazone groups is 1. The minimum absolute atomic E-state index is 0.204. The molecule has 0 aliphatic rings. The van der Waals surface area contributed by atoms with Gasteiger partial charge in [-0.05, 0) is 41.5 Å². The molecule has 0 unspecified atom stereocenters. The Labute approximate surface area is 197 Å². The van der Waals surface area contributed by atoms with E-state index in [0.29, 0.717) is 12.1 Å². The van der Waals surface area contributed by atoms with Gasteiger partial charge < -0.3 is 14.0 Å². The van der Waals surface area contributed by atoms with E-state index in [-0.39, 0.29) is 18.3 Å². The molecule has 172 valence electrons. The molecule has 0 saturated heterocycles. The predicted molar refractivity (Wildman–Crippen MR) is 131 cm³/mol. The van der Waals surface area contributed by atoms with E-state index >= 15 is 0 Å². The number of benzene rings is 3. The van der Waals surface area contributed by atoms with Crippen LogP contribution in [0.2, 0.25) is 0 Å². The Balaban J connectivity index is 1.48. The number of fused-ring (bicyclic) bond motifs is 1. The van der Waals surface area contributed by atoms with Gasteiger partial charge in [-0.3, -0.25) is 4.79 Å². The van der Waals surface area contributed by atoms with Crippen LogP contribution in [0.4, 0.5) is 0 Å². The number of hydrogen-bond donors (Lipinski definition) is 1. The number of carbonyl (C=O) groups is 2. The highest BCUT2D eigenvalue weighted by Gasteiger charge is 2.10. The Morgan fingerprint density at radius 3 is 2.53 bits per heavy atom. The van der Waals surface area contributed by atoms with E-state index in [1.165, 1.54) is 7.11 Å². The molecular formula is C27H25N3O4. The summed E-state index contributed by atoms with van der Waals surface area (Å²) in [6.07, 6.45) is 3.85. The molecule has 4 aromatic rings. The second-order valence-electron chi connectivity index (χ2n) is 7.74. The maximum atomic E-state index is 12.3. The number of rotatable bonds is 8. The van der Waals surface area contributed by atoms with E-state index in [4.69, 9.17) is 9.47 Å². The van der Waals surface area contributed by atoms with Crippen molar-refractivity contribution in [3.63, 3.8) is 0 Å². The summed E-state index contributed by atoms with van der Waals surface area (Å²) in [7, 11) is 2.97. The van der Waals surface area contributed by atoms with Crippen molar-refractivity contribution in [3.05, 3.63) is 101 Å². The SMILES string of the molecule is COC(=O)c1cccc(Cn2cc(C=NNC(=O)Cc3ccc(OC)cc3)c3ccccc32)c1. The number of carbonyl (C=O) groups excluding carboxylic acids is 2. The Kier molecular flexibility index (Phi) is 7.03. The third kappa shape index (κ3) is 5.32. The van der Waals surface area contributed by atoms with Crippen molar-refractivity contribution < 1.29 is 19.1 Å². The van der Waals surface area contributed by atoms with Crippen LogP contribution in [-0.4, -0.2) is 36.9 Å². The highest BCUT2D eigenvalue weighted by atomic mass is 16.5. The monoisotopic (exact) mass is 455 g/mol. The third-order valence-corrected chi connectivity index (χ3v) is 5.44. The quantitative estimate of drug-likeness (QED) is 0.246. The number of para-hydroxylation sites is 1. The first-order chi connectivity index (χ1) is 16.6. The van der Waals surface area contributed by atoms with Gasteiger partial charge in [0.1, 0.15) is 5.75 Å². The topological polar surface area (TPSA) is 81.9 Å². The number of hydrogen-bond acceptors (Lipinski definition) is 5. The van der Waals surface area contributed by atoms with Crippen molar-refractivity contribution in [2.45, 2.75) is 13.0 Å². The van der Waals surface area contributed by atoms with Gasteiger partial charge >= 0.3 is 5.97 Å². The summed E-state index contributed by atoms with van der Waals surface area (Å²) in [5.74, 6) is 0.179. The molecule has 0 aliphatic carbocycles. The number of esters is 1. The van der Waals surface area contributed by atoms with Crippen LogP contribution in [0.25, 0.3) is 10.9 Å². The van der Waals surface area contributed by atoms with Crippen LogP contribution in [0.5, 0.6) is 5.75 Å². The standard InChI is InChI=1S/C27H25N3O4/c1-33-23-12-10-19(11-13-23)15-26(31)29-28-16-22-18-30(25-9-4-3-8-24(22)25)17-20-6-5-7-21(14-20)27(32)34-2/h3-14,16,18H,15,17H2,1-2H3,(H,29,31). The minimum Gasteiger partial charge on any atom is -0.497 e. The van der Waals surface area contributed by atoms with E-state index in [2.05, 4.69) is 15.1 Å². The second kappa shape index (κ2) is 10.5. The zero-order valence-corrected chi connectivity index (χ0v) is 19.0. The molecule has 0 atom stereocenters. The molecule has 0 fully saturated rings. The summed E-state index contributed by atoms with van der Waals surface area (Å²) in [5.41, 5.74) is 6.86. The van der Waals surface area contributed by atoms with Crippen LogP contribution in [0, 0.1) is 0 Å². The van der Waals surface area contributed by atoms with Gasteiger partial charge in [-0.25, -0.2) is 10.2 Å². The van der Waals surface area contributed by atoms with Gasteiger partial charge in [-0.15, -0.1) is 0 Å². The van der Waals surface area contributed by atoms with E-state index in [0.717, 1.165) is 33.3 Å². The fraction of sp³-hybridized carbons (Fsp3) is 0.148. The normalized spacial score (nSPS) is 11.0. The lowest BCUT2D eigenvalue weighted by molar-refractivity contribution is -0.120. The first-order valence-corrected chi connectivity index (χ1v) is 10.8. The van der Waals surface area contributed by atoms with Crippen molar-refractivity contribution in [1.29, 1.82) is 0 Å². The largest absolute Gasteiger partial charge is 0.497 e. The summed E-state index contributed by atoms with van der Waals surface area (Å²) >= 11 is 0. The summed E-state index contributed by atoms with van der Waals surface area (Å²) in [6.45, 7) is 0.572. The lowest BCUT2D eigenvalue weighted by atomic mass is 10.1. The molecule has 0 saturated carbocycles. The van der Waals surface area contributed by atoms with E-state index < -0.39 is 0 Å². The number of nitrogens with zero attached hydrogens (tertiary/aromatic N) is 2. The fourth-order valence-electron chi connectivity index (χ4n) is 3.76. The molecule has 0 radical (unpaired) electrons. The smallest absolute Gasteiger partial charge is 0.337 e. The van der Waals surface area contributed by atoms with Crippen molar-refractivity contribution >= 4 is 29.0 Å². The highest BCUT2D eigenvalue weighted by molar-refractivity contribution is 5.99. The Morgan fingerprint density at radius 1 is 0.971 bits per heavy atom. The molecule has 0 spiro atoms. The van der Waals surface area contributed by atoms with Crippen molar-refractivity contribution in [1.82, 2.24) is 9.99 Å². The maximum absolute atomic E-state index is 12.3. The van der Waals surface area contributed by atoms with Crippen molar-refractivity contribution in [2.75, 3.05) is 14.2 Å².